The van der Waals surface area contributed by atoms with Crippen LogP contribution in [0.15, 0.2) is 24.3 Å². The minimum absolute atomic E-state index is 0. The number of aliphatic hydroxyl groups excluding tert-OH is 1. The van der Waals surface area contributed by atoms with Gasteiger partial charge in [0.05, 0.1) is 0 Å². The van der Waals surface area contributed by atoms with Gasteiger partial charge in [-0.1, -0.05) is 55.5 Å². The van der Waals surface area contributed by atoms with Crippen LogP contribution in [-0.4, -0.2) is 35.4 Å². The third kappa shape index (κ3) is 4.51. The maximum atomic E-state index is 9.61. The molecule has 0 bridgehead atoms. The Balaban J connectivity index is 0.000000160. The van der Waals surface area contributed by atoms with Crippen LogP contribution in [0.5, 0.6) is 5.75 Å². The van der Waals surface area contributed by atoms with Crippen molar-refractivity contribution in [1.82, 2.24) is 0 Å². The van der Waals surface area contributed by atoms with E-state index >= 15 is 0 Å². The Morgan fingerprint density at radius 1 is 1.09 bits per heavy atom. The second kappa shape index (κ2) is 8.74. The zero-order valence-electron chi connectivity index (χ0n) is 13.2. The van der Waals surface area contributed by atoms with Crippen molar-refractivity contribution in [2.75, 3.05) is 13.1 Å². The molecule has 0 amide bonds. The topological polar surface area (TPSA) is 68.7 Å². The SMILES string of the molecule is OC1CCCC2CCC[N-]C12.Oc1cccc2c1[N-]CC=C2.[Cu+2]. The standard InChI is InChI=1S/C9H16NO.C9H8NO.Cu/c2*11-8-5-1-3-7-4-2-6-10-9(7)8;/h7-9,11H,1-6H2;1-5,11H,6H2;/q2*-1;+2. The van der Waals surface area contributed by atoms with Crippen LogP contribution in [0.1, 0.15) is 37.7 Å². The van der Waals surface area contributed by atoms with Gasteiger partial charge in [-0.2, -0.15) is 0 Å². The zero-order valence-corrected chi connectivity index (χ0v) is 14.1. The molecule has 2 aliphatic heterocycles. The van der Waals surface area contributed by atoms with Crippen molar-refractivity contribution < 1.29 is 27.3 Å². The number of hydrogen-bond donors (Lipinski definition) is 2. The van der Waals surface area contributed by atoms with Crippen LogP contribution in [0.3, 0.4) is 0 Å². The quantitative estimate of drug-likeness (QED) is 0.681. The first-order valence-electron chi connectivity index (χ1n) is 8.26. The van der Waals surface area contributed by atoms with Gasteiger partial charge in [0.25, 0.3) is 0 Å². The number of aromatic hydroxyl groups is 1. The molecular formula is C18H24CuN2O2. The van der Waals surface area contributed by atoms with Crippen LogP contribution in [0.2, 0.25) is 0 Å². The summed E-state index contributed by atoms with van der Waals surface area (Å²) in [5.74, 6) is 0.986. The summed E-state index contributed by atoms with van der Waals surface area (Å²) in [4.78, 5) is 0. The number of piperidine rings is 1. The third-order valence-electron chi connectivity index (χ3n) is 4.72. The van der Waals surface area contributed by atoms with Crippen molar-refractivity contribution in [3.8, 4) is 5.75 Å². The molecule has 1 radical (unpaired) electrons. The first-order chi connectivity index (χ1) is 10.8. The average molecular weight is 364 g/mol. The van der Waals surface area contributed by atoms with E-state index in [9.17, 15) is 10.2 Å². The first kappa shape index (κ1) is 18.3. The number of phenols is 1. The van der Waals surface area contributed by atoms with Gasteiger partial charge in [-0.15, -0.1) is 25.2 Å². The Morgan fingerprint density at radius 2 is 1.91 bits per heavy atom. The van der Waals surface area contributed by atoms with E-state index in [-0.39, 0.29) is 28.9 Å². The number of nitrogens with zero attached hydrogens (tertiary/aromatic N) is 2. The van der Waals surface area contributed by atoms with E-state index in [0.717, 1.165) is 24.2 Å². The Morgan fingerprint density at radius 3 is 2.70 bits per heavy atom. The molecule has 23 heavy (non-hydrogen) atoms. The number of phenolic OH excluding ortho intramolecular Hbond substituents is 1. The summed E-state index contributed by atoms with van der Waals surface area (Å²) in [5.41, 5.74) is 1.71. The molecule has 0 aromatic heterocycles. The van der Waals surface area contributed by atoms with Gasteiger partial charge in [-0.25, -0.2) is 0 Å². The van der Waals surface area contributed by atoms with Crippen LogP contribution >= 0.6 is 0 Å². The molecule has 4 rings (SSSR count). The fourth-order valence-electron chi connectivity index (χ4n) is 3.60. The maximum absolute atomic E-state index is 9.61. The smallest absolute Gasteiger partial charge is 0.678 e. The minimum atomic E-state index is -0.117. The van der Waals surface area contributed by atoms with Gasteiger partial charge < -0.3 is 20.8 Å². The molecule has 2 N–H and O–H groups in total. The summed E-state index contributed by atoms with van der Waals surface area (Å²) < 4.78 is 0. The molecule has 129 valence electrons. The molecule has 1 aromatic rings. The predicted octanol–water partition coefficient (Wildman–Crippen LogP) is 4.11. The molecular weight excluding hydrogens is 340 g/mol. The largest absolute Gasteiger partial charge is 2.00 e. The van der Waals surface area contributed by atoms with Crippen molar-refractivity contribution in [2.24, 2.45) is 5.92 Å². The fraction of sp³-hybridized carbons (Fsp3) is 0.556. The summed E-state index contributed by atoms with van der Waals surface area (Å²) in [6.07, 6.45) is 9.85. The van der Waals surface area contributed by atoms with E-state index < -0.39 is 0 Å². The van der Waals surface area contributed by atoms with E-state index in [1.807, 2.05) is 24.3 Å². The van der Waals surface area contributed by atoms with E-state index in [4.69, 9.17) is 0 Å². The van der Waals surface area contributed by atoms with E-state index in [0.29, 0.717) is 18.5 Å². The van der Waals surface area contributed by atoms with Gasteiger partial charge in [0, 0.05) is 6.10 Å². The van der Waals surface area contributed by atoms with Gasteiger partial charge in [-0.3, -0.25) is 0 Å². The molecule has 2 heterocycles. The van der Waals surface area contributed by atoms with Crippen molar-refractivity contribution in [1.29, 1.82) is 0 Å². The van der Waals surface area contributed by atoms with E-state index in [1.54, 1.807) is 6.07 Å². The van der Waals surface area contributed by atoms with Crippen LogP contribution in [0.25, 0.3) is 16.7 Å². The van der Waals surface area contributed by atoms with Gasteiger partial charge in [0.2, 0.25) is 0 Å². The number of aliphatic hydroxyl groups is 1. The fourth-order valence-corrected chi connectivity index (χ4v) is 3.60. The van der Waals surface area contributed by atoms with Crippen LogP contribution < -0.4 is 0 Å². The minimum Gasteiger partial charge on any atom is -0.678 e. The van der Waals surface area contributed by atoms with Crippen LogP contribution in [0.4, 0.5) is 5.69 Å². The molecule has 0 spiro atoms. The first-order valence-corrected chi connectivity index (χ1v) is 8.26. The number of rotatable bonds is 0. The Bertz CT molecular complexity index is 534. The van der Waals surface area contributed by atoms with Crippen molar-refractivity contribution in [3.63, 3.8) is 0 Å². The molecule has 1 saturated heterocycles. The Kier molecular flexibility index (Phi) is 6.97. The molecule has 1 aromatic carbocycles. The monoisotopic (exact) mass is 363 g/mol. The average Bonchev–Trinajstić information content (AvgIpc) is 2.57. The number of para-hydroxylation sites is 1. The van der Waals surface area contributed by atoms with Crippen LogP contribution in [0, 0.1) is 5.92 Å². The summed E-state index contributed by atoms with van der Waals surface area (Å²) in [6.45, 7) is 1.66. The van der Waals surface area contributed by atoms with Crippen molar-refractivity contribution >= 4 is 11.8 Å². The maximum Gasteiger partial charge on any atom is 2.00 e. The molecule has 3 aliphatic rings. The van der Waals surface area contributed by atoms with Gasteiger partial charge in [0.1, 0.15) is 5.75 Å². The van der Waals surface area contributed by atoms with E-state index in [2.05, 4.69) is 10.6 Å². The normalized spacial score (nSPS) is 28.1. The van der Waals surface area contributed by atoms with Crippen molar-refractivity contribution in [3.05, 3.63) is 40.5 Å². The second-order valence-electron chi connectivity index (χ2n) is 6.26. The third-order valence-corrected chi connectivity index (χ3v) is 4.72. The summed E-state index contributed by atoms with van der Waals surface area (Å²) >= 11 is 0. The molecule has 2 fully saturated rings. The Hall–Kier alpha value is -1.00. The second-order valence-corrected chi connectivity index (χ2v) is 6.26. The molecule has 3 atom stereocenters. The van der Waals surface area contributed by atoms with Gasteiger partial charge >= 0.3 is 17.1 Å². The molecule has 5 heteroatoms. The van der Waals surface area contributed by atoms with E-state index in [1.165, 1.54) is 25.7 Å². The zero-order chi connectivity index (χ0) is 15.4. The summed E-state index contributed by atoms with van der Waals surface area (Å²) in [5, 5.41) is 27.6. The Labute approximate surface area is 148 Å². The van der Waals surface area contributed by atoms with Crippen molar-refractivity contribution in [2.45, 2.75) is 44.2 Å². The van der Waals surface area contributed by atoms with Gasteiger partial charge in [0.15, 0.2) is 0 Å². The molecule has 1 saturated carbocycles. The molecule has 1 aliphatic carbocycles. The molecule has 3 unspecified atom stereocenters. The molecule has 4 nitrogen and oxygen atoms in total. The van der Waals surface area contributed by atoms with Crippen LogP contribution in [-0.2, 0) is 17.1 Å². The predicted molar refractivity (Wildman–Crippen MR) is 89.6 cm³/mol. The number of hydrogen-bond acceptors (Lipinski definition) is 2. The summed E-state index contributed by atoms with van der Waals surface area (Å²) in [6, 6.07) is 5.72. The number of fused-ring (bicyclic) bond motifs is 2. The summed E-state index contributed by atoms with van der Waals surface area (Å²) in [7, 11) is 0. The number of benzene rings is 1. The van der Waals surface area contributed by atoms with Gasteiger partial charge in [-0.05, 0) is 18.1 Å².